The highest BCUT2D eigenvalue weighted by Gasteiger charge is 2.24. The van der Waals surface area contributed by atoms with E-state index >= 15 is 0 Å². The Morgan fingerprint density at radius 3 is 1.77 bits per heavy atom. The van der Waals surface area contributed by atoms with Crippen LogP contribution in [0, 0.1) is 0 Å². The van der Waals surface area contributed by atoms with Gasteiger partial charge < -0.3 is 8.98 Å². The first kappa shape index (κ1) is 36.5. The molecule has 0 aliphatic heterocycles. The minimum atomic E-state index is 0.569. The van der Waals surface area contributed by atoms with Crippen molar-refractivity contribution in [3.63, 3.8) is 0 Å². The fourth-order valence-electron chi connectivity index (χ4n) is 10.4. The van der Waals surface area contributed by atoms with Crippen molar-refractivity contribution >= 4 is 86.8 Å². The maximum atomic E-state index is 7.05. The molecule has 0 aliphatic rings. The number of rotatable bonds is 5. The third kappa shape index (κ3) is 5.57. The van der Waals surface area contributed by atoms with Crippen LogP contribution in [0.5, 0.6) is 0 Å². The van der Waals surface area contributed by atoms with Gasteiger partial charge in [0, 0.05) is 38.2 Å². The summed E-state index contributed by atoms with van der Waals surface area (Å²) in [5, 5.41) is 13.7. The summed E-state index contributed by atoms with van der Waals surface area (Å²) in [6.45, 7) is 0. The molecule has 0 radical (unpaired) electrons. The number of hydrogen-bond donors (Lipinski definition) is 0. The third-order valence-electron chi connectivity index (χ3n) is 13.4. The summed E-state index contributed by atoms with van der Waals surface area (Å²) < 4.78 is 9.44. The first-order valence-corrected chi connectivity index (χ1v) is 22.3. The van der Waals surface area contributed by atoms with Crippen LogP contribution in [0.15, 0.2) is 223 Å². The van der Waals surface area contributed by atoms with Crippen LogP contribution in [-0.4, -0.2) is 19.5 Å². The molecule has 0 fully saturated rings. The van der Waals surface area contributed by atoms with Crippen LogP contribution in [-0.2, 0) is 0 Å². The van der Waals surface area contributed by atoms with Crippen molar-refractivity contribution in [1.29, 1.82) is 0 Å². The molecule has 0 aliphatic carbocycles. The fourth-order valence-corrected chi connectivity index (χ4v) is 10.4. The van der Waals surface area contributed by atoms with Gasteiger partial charge in [0.05, 0.1) is 16.7 Å². The molecule has 306 valence electrons. The topological polar surface area (TPSA) is 56.7 Å². The summed E-state index contributed by atoms with van der Waals surface area (Å²) in [7, 11) is 0. The van der Waals surface area contributed by atoms with Crippen molar-refractivity contribution in [2.24, 2.45) is 0 Å². The number of furan rings is 1. The molecule has 0 amide bonds. The van der Waals surface area contributed by atoms with E-state index in [9.17, 15) is 0 Å². The van der Waals surface area contributed by atoms with E-state index in [1.165, 1.54) is 37.7 Å². The minimum Gasteiger partial charge on any atom is -0.454 e. The van der Waals surface area contributed by atoms with Crippen molar-refractivity contribution in [3.8, 4) is 51.0 Å². The van der Waals surface area contributed by atoms with E-state index in [0.717, 1.165) is 82.6 Å². The summed E-state index contributed by atoms with van der Waals surface area (Å²) >= 11 is 0. The maximum absolute atomic E-state index is 7.05. The monoisotopic (exact) mass is 840 g/mol. The molecule has 3 heterocycles. The summed E-state index contributed by atoms with van der Waals surface area (Å²) in [5.41, 5.74) is 9.66. The van der Waals surface area contributed by atoms with Crippen LogP contribution in [0.4, 0.5) is 0 Å². The molecule has 11 aromatic carbocycles. The highest BCUT2D eigenvalue weighted by atomic mass is 16.3. The Hall–Kier alpha value is -8.93. The normalized spacial score (nSPS) is 11.9. The van der Waals surface area contributed by atoms with Crippen molar-refractivity contribution in [1.82, 2.24) is 19.5 Å². The van der Waals surface area contributed by atoms with E-state index in [2.05, 4.69) is 211 Å². The molecule has 0 unspecified atom stereocenters. The van der Waals surface area contributed by atoms with Crippen molar-refractivity contribution in [3.05, 3.63) is 218 Å². The Morgan fingerprint density at radius 2 is 0.939 bits per heavy atom. The van der Waals surface area contributed by atoms with Gasteiger partial charge in [0.2, 0.25) is 0 Å². The quantitative estimate of drug-likeness (QED) is 0.162. The molecule has 5 heteroatoms. The molecule has 0 saturated heterocycles. The number of hydrogen-bond acceptors (Lipinski definition) is 4. The zero-order valence-electron chi connectivity index (χ0n) is 35.5. The second-order valence-electron chi connectivity index (χ2n) is 17.1. The lowest BCUT2D eigenvalue weighted by Crippen LogP contribution is -2.02. The van der Waals surface area contributed by atoms with Gasteiger partial charge in [-0.2, -0.15) is 0 Å². The van der Waals surface area contributed by atoms with Crippen molar-refractivity contribution in [2.75, 3.05) is 0 Å². The predicted octanol–water partition coefficient (Wildman–Crippen LogP) is 16.1. The highest BCUT2D eigenvalue weighted by Crippen LogP contribution is 2.45. The Kier molecular flexibility index (Phi) is 7.91. The fraction of sp³-hybridized carbons (Fsp3) is 0. The molecule has 14 rings (SSSR count). The largest absolute Gasteiger partial charge is 0.454 e. The molecule has 14 aromatic rings. The van der Waals surface area contributed by atoms with Crippen LogP contribution in [0.2, 0.25) is 0 Å². The van der Waals surface area contributed by atoms with Gasteiger partial charge in [-0.25, -0.2) is 15.0 Å². The van der Waals surface area contributed by atoms with E-state index in [1.54, 1.807) is 0 Å². The van der Waals surface area contributed by atoms with Crippen molar-refractivity contribution < 1.29 is 4.42 Å². The molecule has 5 nitrogen and oxygen atoms in total. The first-order chi connectivity index (χ1) is 32.7. The van der Waals surface area contributed by atoms with Gasteiger partial charge in [-0.05, 0) is 103 Å². The Labute approximate surface area is 378 Å². The van der Waals surface area contributed by atoms with Gasteiger partial charge in [-0.15, -0.1) is 0 Å². The number of benzene rings is 11. The molecule has 0 bridgehead atoms. The van der Waals surface area contributed by atoms with Crippen LogP contribution < -0.4 is 0 Å². The van der Waals surface area contributed by atoms with E-state index < -0.39 is 0 Å². The van der Waals surface area contributed by atoms with E-state index in [1.807, 2.05) is 12.1 Å². The van der Waals surface area contributed by atoms with E-state index in [4.69, 9.17) is 19.4 Å². The summed E-state index contributed by atoms with van der Waals surface area (Å²) in [6, 6.07) is 77.4. The molecule has 3 aromatic heterocycles. The lowest BCUT2D eigenvalue weighted by atomic mass is 9.96. The van der Waals surface area contributed by atoms with Crippen molar-refractivity contribution in [2.45, 2.75) is 0 Å². The van der Waals surface area contributed by atoms with Gasteiger partial charge in [-0.1, -0.05) is 170 Å². The van der Waals surface area contributed by atoms with Gasteiger partial charge >= 0.3 is 0 Å². The Morgan fingerprint density at radius 1 is 0.318 bits per heavy atom. The smallest absolute Gasteiger partial charge is 0.164 e. The summed E-state index contributed by atoms with van der Waals surface area (Å²) in [5.74, 6) is 1.77. The summed E-state index contributed by atoms with van der Waals surface area (Å²) in [6.07, 6.45) is 0. The number of nitrogens with zero attached hydrogens (tertiary/aromatic N) is 4. The van der Waals surface area contributed by atoms with Gasteiger partial charge in [-0.3, -0.25) is 0 Å². The molecule has 66 heavy (non-hydrogen) atoms. The zero-order chi connectivity index (χ0) is 43.3. The zero-order valence-corrected chi connectivity index (χ0v) is 35.5. The molecule has 0 N–H and O–H groups in total. The maximum Gasteiger partial charge on any atom is 0.164 e. The lowest BCUT2D eigenvalue weighted by molar-refractivity contribution is 0.666. The van der Waals surface area contributed by atoms with Gasteiger partial charge in [0.25, 0.3) is 0 Å². The lowest BCUT2D eigenvalue weighted by Gasteiger charge is -2.14. The summed E-state index contributed by atoms with van der Waals surface area (Å²) in [4.78, 5) is 16.2. The molecular formula is C61H36N4O. The van der Waals surface area contributed by atoms with Gasteiger partial charge in [0.1, 0.15) is 5.58 Å². The average molecular weight is 841 g/mol. The van der Waals surface area contributed by atoms with Gasteiger partial charge in [0.15, 0.2) is 23.1 Å². The Bertz CT molecular complexity index is 4300. The average Bonchev–Trinajstić information content (AvgIpc) is 3.94. The third-order valence-corrected chi connectivity index (χ3v) is 13.4. The number of para-hydroxylation sites is 1. The molecule has 0 atom stereocenters. The standard InChI is InChI=1S/C61H36N4O/c1-2-15-37(16-3-1)39-21-14-22-43(33-39)59-62-60(64-61(63-59)50-35-42-20-7-8-23-44(42)46-25-10-11-26-47(46)50)49-30-32-53(58-57(49)48-27-12-13-28-55(48)66-58)65-52-31-29-38-17-6-9-24-45(38)56(52)51-34-40-18-4-5-19-41(40)36-54(51)65/h1-36H. The van der Waals surface area contributed by atoms with E-state index in [-0.39, 0.29) is 0 Å². The highest BCUT2D eigenvalue weighted by molar-refractivity contribution is 6.24. The van der Waals surface area contributed by atoms with Crippen LogP contribution in [0.25, 0.3) is 138 Å². The number of aromatic nitrogens is 4. The molecular weight excluding hydrogens is 805 g/mol. The van der Waals surface area contributed by atoms with E-state index in [0.29, 0.717) is 17.5 Å². The SMILES string of the molecule is c1ccc(-c2cccc(-c3nc(-c4cc5ccccc5c5ccccc45)nc(-c4ccc(-n5c6cc7ccccc7cc6c6c7ccccc7ccc65)c5oc6ccccc6c45)n3)c2)cc1. The first-order valence-electron chi connectivity index (χ1n) is 22.3. The Balaban J connectivity index is 1.07. The second-order valence-corrected chi connectivity index (χ2v) is 17.1. The minimum absolute atomic E-state index is 0.569. The number of fused-ring (bicyclic) bond motifs is 12. The molecule has 0 saturated carbocycles. The van der Waals surface area contributed by atoms with Crippen LogP contribution >= 0.6 is 0 Å². The van der Waals surface area contributed by atoms with Crippen LogP contribution in [0.3, 0.4) is 0 Å². The molecule has 0 spiro atoms. The predicted molar refractivity (Wildman–Crippen MR) is 273 cm³/mol. The second kappa shape index (κ2) is 14.3. The van der Waals surface area contributed by atoms with Crippen LogP contribution in [0.1, 0.15) is 0 Å².